The van der Waals surface area contributed by atoms with Crippen molar-refractivity contribution in [3.63, 3.8) is 0 Å². The monoisotopic (exact) mass is 532 g/mol. The van der Waals surface area contributed by atoms with Crippen LogP contribution >= 0.6 is 11.3 Å². The van der Waals surface area contributed by atoms with Gasteiger partial charge in [0.1, 0.15) is 16.9 Å². The van der Waals surface area contributed by atoms with Crippen molar-refractivity contribution >= 4 is 32.3 Å². The molecule has 1 amide bonds. The highest BCUT2D eigenvalue weighted by molar-refractivity contribution is 7.89. The van der Waals surface area contributed by atoms with Crippen LogP contribution in [0.4, 0.5) is 9.39 Å². The van der Waals surface area contributed by atoms with E-state index in [1.807, 2.05) is 4.90 Å². The lowest BCUT2D eigenvalue weighted by molar-refractivity contribution is -0.117. The first-order valence-electron chi connectivity index (χ1n) is 12.4. The van der Waals surface area contributed by atoms with E-state index in [-0.39, 0.29) is 35.9 Å². The van der Waals surface area contributed by atoms with E-state index >= 15 is 0 Å². The van der Waals surface area contributed by atoms with Gasteiger partial charge in [-0.25, -0.2) is 12.8 Å². The Morgan fingerprint density at radius 1 is 1.22 bits per heavy atom. The zero-order chi connectivity index (χ0) is 26.1. The van der Waals surface area contributed by atoms with E-state index in [0.29, 0.717) is 29.6 Å². The van der Waals surface area contributed by atoms with Crippen molar-refractivity contribution < 1.29 is 17.6 Å². The topological polar surface area (TPSA) is 93.5 Å². The van der Waals surface area contributed by atoms with Crippen LogP contribution in [0.5, 0.6) is 0 Å². The summed E-state index contributed by atoms with van der Waals surface area (Å²) in [6.45, 7) is 8.26. The molecule has 0 radical (unpaired) electrons. The quantitative estimate of drug-likeness (QED) is 0.576. The van der Waals surface area contributed by atoms with E-state index < -0.39 is 15.8 Å². The molecule has 4 rings (SSSR count). The summed E-state index contributed by atoms with van der Waals surface area (Å²) < 4.78 is 40.2. The number of nitrogens with one attached hydrogen (secondary N) is 1. The average Bonchev–Trinajstić information content (AvgIpc) is 3.20. The van der Waals surface area contributed by atoms with Crippen LogP contribution < -0.4 is 5.32 Å². The number of nitriles is 1. The Balaban J connectivity index is 1.35. The van der Waals surface area contributed by atoms with Crippen LogP contribution in [0.2, 0.25) is 0 Å². The molecule has 2 aliphatic rings. The van der Waals surface area contributed by atoms with Crippen molar-refractivity contribution in [2.24, 2.45) is 11.3 Å². The van der Waals surface area contributed by atoms with Crippen LogP contribution in [0.25, 0.3) is 0 Å². The standard InChI is InChI=1S/C26H33FN4O3S2/c1-4-26(2,3)18-5-10-21-22(16-28)25(35-23(21)15-18)29-24(32)17-30-11-13-31(14-12-30)36(33,34)20-8-6-19(27)7-9-20/h6-9,18H,4-5,10-15,17H2,1-3H3,(H,29,32). The van der Waals surface area contributed by atoms with E-state index in [1.54, 1.807) is 0 Å². The van der Waals surface area contributed by atoms with Gasteiger partial charge in [0.2, 0.25) is 15.9 Å². The maximum atomic E-state index is 13.2. The van der Waals surface area contributed by atoms with Gasteiger partial charge in [-0.1, -0.05) is 27.2 Å². The maximum absolute atomic E-state index is 13.2. The molecule has 0 saturated carbocycles. The number of fused-ring (bicyclic) bond motifs is 1. The Labute approximate surface area is 217 Å². The highest BCUT2D eigenvalue weighted by atomic mass is 32.2. The fourth-order valence-electron chi connectivity index (χ4n) is 5.00. The number of benzene rings is 1. The average molecular weight is 533 g/mol. The number of amides is 1. The number of nitrogens with zero attached hydrogens (tertiary/aromatic N) is 3. The van der Waals surface area contributed by atoms with Crippen LogP contribution in [-0.4, -0.2) is 56.3 Å². The number of piperazine rings is 1. The Hall–Kier alpha value is -2.32. The molecule has 1 aromatic heterocycles. The van der Waals surface area contributed by atoms with Crippen LogP contribution in [0.15, 0.2) is 29.2 Å². The summed E-state index contributed by atoms with van der Waals surface area (Å²) in [5, 5.41) is 13.4. The molecule has 194 valence electrons. The van der Waals surface area contributed by atoms with Crippen molar-refractivity contribution in [2.45, 2.75) is 51.3 Å². The normalized spacial score (nSPS) is 19.5. The van der Waals surface area contributed by atoms with Gasteiger partial charge in [0.25, 0.3) is 0 Å². The summed E-state index contributed by atoms with van der Waals surface area (Å²) in [6, 6.07) is 7.11. The molecule has 36 heavy (non-hydrogen) atoms. The molecule has 0 bridgehead atoms. The largest absolute Gasteiger partial charge is 0.315 e. The van der Waals surface area contributed by atoms with Gasteiger partial charge in [-0.15, -0.1) is 11.3 Å². The van der Waals surface area contributed by atoms with Gasteiger partial charge in [-0.05, 0) is 60.4 Å². The van der Waals surface area contributed by atoms with Gasteiger partial charge in [-0.2, -0.15) is 9.57 Å². The lowest BCUT2D eigenvalue weighted by Crippen LogP contribution is -2.50. The second kappa shape index (κ2) is 10.6. The Bertz CT molecular complexity index is 1260. The minimum Gasteiger partial charge on any atom is -0.315 e. The third-order valence-corrected chi connectivity index (χ3v) is 10.9. The van der Waals surface area contributed by atoms with Crippen LogP contribution in [0.1, 0.15) is 49.6 Å². The third-order valence-electron chi connectivity index (χ3n) is 7.80. The number of hydrogen-bond acceptors (Lipinski definition) is 6. The predicted octanol–water partition coefficient (Wildman–Crippen LogP) is 4.24. The maximum Gasteiger partial charge on any atom is 0.243 e. The second-order valence-corrected chi connectivity index (χ2v) is 13.3. The summed E-state index contributed by atoms with van der Waals surface area (Å²) >= 11 is 1.52. The minimum absolute atomic E-state index is 0.0605. The van der Waals surface area contributed by atoms with E-state index in [2.05, 4.69) is 32.2 Å². The molecule has 2 aromatic rings. The smallest absolute Gasteiger partial charge is 0.243 e. The highest BCUT2D eigenvalue weighted by Crippen LogP contribution is 2.45. The molecule has 1 saturated heterocycles. The number of anilines is 1. The van der Waals surface area contributed by atoms with Crippen LogP contribution in [-0.2, 0) is 27.7 Å². The molecule has 1 atom stereocenters. The van der Waals surface area contributed by atoms with Crippen molar-refractivity contribution in [3.8, 4) is 6.07 Å². The Kier molecular flexibility index (Phi) is 7.86. The first-order chi connectivity index (χ1) is 17.0. The molecule has 1 fully saturated rings. The number of rotatable bonds is 7. The Morgan fingerprint density at radius 3 is 2.50 bits per heavy atom. The second-order valence-electron chi connectivity index (χ2n) is 10.3. The molecule has 1 aliphatic carbocycles. The highest BCUT2D eigenvalue weighted by Gasteiger charge is 2.34. The summed E-state index contributed by atoms with van der Waals surface area (Å²) in [4.78, 5) is 16.0. The summed E-state index contributed by atoms with van der Waals surface area (Å²) in [5.41, 5.74) is 1.91. The lowest BCUT2D eigenvalue weighted by Gasteiger charge is -2.36. The molecule has 7 nitrogen and oxygen atoms in total. The van der Waals surface area contributed by atoms with E-state index in [4.69, 9.17) is 0 Å². The molecule has 1 unspecified atom stereocenters. The van der Waals surface area contributed by atoms with Crippen molar-refractivity contribution in [3.05, 3.63) is 46.1 Å². The van der Waals surface area contributed by atoms with Crippen molar-refractivity contribution in [1.82, 2.24) is 9.21 Å². The molecule has 0 spiro atoms. The van der Waals surface area contributed by atoms with E-state index in [0.717, 1.165) is 43.4 Å². The van der Waals surface area contributed by atoms with E-state index in [9.17, 15) is 22.9 Å². The lowest BCUT2D eigenvalue weighted by atomic mass is 9.69. The van der Waals surface area contributed by atoms with Gasteiger partial charge in [0.05, 0.1) is 17.0 Å². The van der Waals surface area contributed by atoms with Gasteiger partial charge in [0.15, 0.2) is 0 Å². The molecule has 1 aromatic carbocycles. The first-order valence-corrected chi connectivity index (χ1v) is 14.6. The van der Waals surface area contributed by atoms with Crippen molar-refractivity contribution in [1.29, 1.82) is 5.26 Å². The molecule has 2 heterocycles. The molecule has 1 N–H and O–H groups in total. The van der Waals surface area contributed by atoms with Gasteiger partial charge < -0.3 is 5.32 Å². The van der Waals surface area contributed by atoms with Crippen molar-refractivity contribution in [2.75, 3.05) is 38.0 Å². The minimum atomic E-state index is -3.70. The number of sulfonamides is 1. The van der Waals surface area contributed by atoms with Gasteiger partial charge >= 0.3 is 0 Å². The molecule has 1 aliphatic heterocycles. The summed E-state index contributed by atoms with van der Waals surface area (Å²) in [7, 11) is -3.70. The molecular formula is C26H33FN4O3S2. The number of carbonyl (C=O) groups excluding carboxylic acids is 1. The summed E-state index contributed by atoms with van der Waals surface area (Å²) in [6.07, 6.45) is 3.96. The fraction of sp³-hybridized carbons (Fsp3) is 0.538. The third kappa shape index (κ3) is 5.49. The number of halogens is 1. The molecule has 10 heteroatoms. The first kappa shape index (κ1) is 26.7. The predicted molar refractivity (Wildman–Crippen MR) is 139 cm³/mol. The SMILES string of the molecule is CCC(C)(C)C1CCc2c(sc(NC(=O)CN3CCN(S(=O)(=O)c4ccc(F)cc4)CC3)c2C#N)C1. The number of carbonyl (C=O) groups is 1. The summed E-state index contributed by atoms with van der Waals surface area (Å²) in [5.74, 6) is -0.128. The van der Waals surface area contributed by atoms with Crippen LogP contribution in [0.3, 0.4) is 0 Å². The molecular weight excluding hydrogens is 499 g/mol. The number of hydrogen-bond donors (Lipinski definition) is 1. The zero-order valence-corrected chi connectivity index (χ0v) is 22.6. The van der Waals surface area contributed by atoms with Gasteiger partial charge in [-0.3, -0.25) is 9.69 Å². The zero-order valence-electron chi connectivity index (χ0n) is 21.0. The number of thiophene rings is 1. The van der Waals surface area contributed by atoms with Crippen LogP contribution in [0, 0.1) is 28.5 Å². The van der Waals surface area contributed by atoms with Gasteiger partial charge in [0, 0.05) is 31.1 Å². The Morgan fingerprint density at radius 2 is 1.89 bits per heavy atom. The fourth-order valence-corrected chi connectivity index (χ4v) is 7.72. The van der Waals surface area contributed by atoms with E-state index in [1.165, 1.54) is 32.7 Å².